The van der Waals surface area contributed by atoms with Crippen LogP contribution in [0, 0.1) is 0 Å². The number of carbonyl (C=O) groups is 1. The zero-order valence-electron chi connectivity index (χ0n) is 13.7. The van der Waals surface area contributed by atoms with Gasteiger partial charge in [-0.3, -0.25) is 4.79 Å². The minimum absolute atomic E-state index is 0.110. The van der Waals surface area contributed by atoms with Crippen molar-refractivity contribution in [3.8, 4) is 0 Å². The molecule has 23 heavy (non-hydrogen) atoms. The molecule has 2 aromatic rings. The van der Waals surface area contributed by atoms with E-state index >= 15 is 0 Å². The molecule has 0 aromatic heterocycles. The van der Waals surface area contributed by atoms with Gasteiger partial charge in [0.1, 0.15) is 0 Å². The van der Waals surface area contributed by atoms with Crippen LogP contribution in [0.25, 0.3) is 5.57 Å². The summed E-state index contributed by atoms with van der Waals surface area (Å²) in [6.45, 7) is 1.45. The number of hydrogen-bond donors (Lipinski definition) is 0. The first-order chi connectivity index (χ1) is 11.1. The predicted molar refractivity (Wildman–Crippen MR) is 95.7 cm³/mol. The third-order valence-corrected chi connectivity index (χ3v) is 4.27. The van der Waals surface area contributed by atoms with Gasteiger partial charge in [-0.15, -0.1) is 0 Å². The summed E-state index contributed by atoms with van der Waals surface area (Å²) < 4.78 is 0. The quantitative estimate of drug-likeness (QED) is 0.863. The van der Waals surface area contributed by atoms with Gasteiger partial charge >= 0.3 is 0 Å². The van der Waals surface area contributed by atoms with Gasteiger partial charge in [-0.05, 0) is 41.8 Å². The molecule has 0 radical (unpaired) electrons. The highest BCUT2D eigenvalue weighted by atomic mass is 16.2. The molecular weight excluding hydrogens is 284 g/mol. The van der Waals surface area contributed by atoms with E-state index < -0.39 is 0 Å². The molecule has 0 aliphatic carbocycles. The van der Waals surface area contributed by atoms with Gasteiger partial charge in [0, 0.05) is 38.4 Å². The Kier molecular flexibility index (Phi) is 4.47. The van der Waals surface area contributed by atoms with E-state index in [9.17, 15) is 4.79 Å². The van der Waals surface area contributed by atoms with E-state index in [2.05, 4.69) is 30.3 Å². The highest BCUT2D eigenvalue weighted by molar-refractivity contribution is 5.95. The van der Waals surface area contributed by atoms with Crippen molar-refractivity contribution >= 4 is 17.2 Å². The Morgan fingerprint density at radius 2 is 1.70 bits per heavy atom. The van der Waals surface area contributed by atoms with E-state index in [4.69, 9.17) is 0 Å². The molecule has 0 saturated carbocycles. The number of anilines is 1. The molecule has 0 fully saturated rings. The smallest absolute Gasteiger partial charge is 0.254 e. The summed E-state index contributed by atoms with van der Waals surface area (Å²) >= 11 is 0. The number of rotatable bonds is 3. The fraction of sp³-hybridized carbons (Fsp3) is 0.250. The topological polar surface area (TPSA) is 23.6 Å². The Hall–Kier alpha value is -2.55. The first-order valence-corrected chi connectivity index (χ1v) is 7.96. The van der Waals surface area contributed by atoms with Crippen LogP contribution in [0.5, 0.6) is 0 Å². The highest BCUT2D eigenvalue weighted by Gasteiger charge is 2.19. The molecule has 0 saturated heterocycles. The zero-order valence-corrected chi connectivity index (χ0v) is 13.7. The predicted octanol–water partition coefficient (Wildman–Crippen LogP) is 3.68. The van der Waals surface area contributed by atoms with Crippen LogP contribution in [-0.2, 0) is 0 Å². The van der Waals surface area contributed by atoms with Gasteiger partial charge in [-0.2, -0.15) is 0 Å². The Morgan fingerprint density at radius 3 is 2.26 bits per heavy atom. The second-order valence-corrected chi connectivity index (χ2v) is 6.04. The normalized spacial score (nSPS) is 14.3. The Bertz CT molecular complexity index is 702. The number of nitrogens with zero attached hydrogens (tertiary/aromatic N) is 2. The summed E-state index contributed by atoms with van der Waals surface area (Å²) in [6.07, 6.45) is 3.08. The lowest BCUT2D eigenvalue weighted by molar-refractivity contribution is 0.0773. The van der Waals surface area contributed by atoms with Crippen molar-refractivity contribution < 1.29 is 4.79 Å². The van der Waals surface area contributed by atoms with Crippen molar-refractivity contribution in [1.82, 2.24) is 4.90 Å². The number of carbonyl (C=O) groups excluding carboxylic acids is 1. The molecule has 3 rings (SSSR count). The zero-order chi connectivity index (χ0) is 16.2. The first-order valence-electron chi connectivity index (χ1n) is 7.96. The molecule has 0 unspecified atom stereocenters. The average molecular weight is 306 g/mol. The molecule has 1 aliphatic rings. The van der Waals surface area contributed by atoms with Crippen LogP contribution in [0.4, 0.5) is 5.69 Å². The molecular formula is C20H22N2O. The maximum atomic E-state index is 12.6. The van der Waals surface area contributed by atoms with E-state index in [-0.39, 0.29) is 5.91 Å². The van der Waals surface area contributed by atoms with Gasteiger partial charge in [0.05, 0.1) is 0 Å². The second-order valence-electron chi connectivity index (χ2n) is 6.04. The van der Waals surface area contributed by atoms with Gasteiger partial charge in [0.15, 0.2) is 0 Å². The maximum absolute atomic E-state index is 12.6. The Labute approximate surface area is 137 Å². The fourth-order valence-corrected chi connectivity index (χ4v) is 2.85. The lowest BCUT2D eigenvalue weighted by Gasteiger charge is -2.27. The summed E-state index contributed by atoms with van der Waals surface area (Å²) in [4.78, 5) is 16.6. The van der Waals surface area contributed by atoms with Crippen molar-refractivity contribution in [3.63, 3.8) is 0 Å². The highest BCUT2D eigenvalue weighted by Crippen LogP contribution is 2.23. The molecule has 2 aromatic carbocycles. The molecule has 3 nitrogen and oxygen atoms in total. The minimum atomic E-state index is 0.110. The third-order valence-electron chi connectivity index (χ3n) is 4.27. The lowest BCUT2D eigenvalue weighted by Crippen LogP contribution is -2.34. The SMILES string of the molecule is CN(C)c1ccc(C(=O)N2CC=C(c3ccccc3)CC2)cc1. The van der Waals surface area contributed by atoms with E-state index in [1.165, 1.54) is 11.1 Å². The summed E-state index contributed by atoms with van der Waals surface area (Å²) in [5, 5.41) is 0. The van der Waals surface area contributed by atoms with Crippen molar-refractivity contribution in [1.29, 1.82) is 0 Å². The lowest BCUT2D eigenvalue weighted by atomic mass is 9.99. The summed E-state index contributed by atoms with van der Waals surface area (Å²) in [5.41, 5.74) is 4.45. The Morgan fingerprint density at radius 1 is 1.00 bits per heavy atom. The molecule has 1 amide bonds. The summed E-state index contributed by atoms with van der Waals surface area (Å²) in [5.74, 6) is 0.110. The largest absolute Gasteiger partial charge is 0.378 e. The number of amides is 1. The maximum Gasteiger partial charge on any atom is 0.254 e. The average Bonchev–Trinajstić information content (AvgIpc) is 2.62. The van der Waals surface area contributed by atoms with Crippen LogP contribution in [0.2, 0.25) is 0 Å². The number of hydrogen-bond acceptors (Lipinski definition) is 2. The van der Waals surface area contributed by atoms with Gasteiger partial charge in [0.25, 0.3) is 5.91 Å². The van der Waals surface area contributed by atoms with Crippen LogP contribution in [0.15, 0.2) is 60.7 Å². The van der Waals surface area contributed by atoms with Crippen LogP contribution >= 0.6 is 0 Å². The summed E-state index contributed by atoms with van der Waals surface area (Å²) in [6, 6.07) is 18.2. The third kappa shape index (κ3) is 3.45. The Balaban J connectivity index is 1.69. The van der Waals surface area contributed by atoms with Crippen LogP contribution in [-0.4, -0.2) is 38.0 Å². The monoisotopic (exact) mass is 306 g/mol. The van der Waals surface area contributed by atoms with Gasteiger partial charge in [-0.1, -0.05) is 36.4 Å². The second kappa shape index (κ2) is 6.69. The van der Waals surface area contributed by atoms with E-state index in [0.717, 1.165) is 24.2 Å². The van der Waals surface area contributed by atoms with Crippen LogP contribution < -0.4 is 4.90 Å². The van der Waals surface area contributed by atoms with Crippen LogP contribution in [0.1, 0.15) is 22.3 Å². The van der Waals surface area contributed by atoms with Gasteiger partial charge < -0.3 is 9.80 Å². The number of benzene rings is 2. The molecule has 3 heteroatoms. The standard InChI is InChI=1S/C20H22N2O/c1-21(2)19-10-8-18(9-11-19)20(23)22-14-12-17(13-15-22)16-6-4-3-5-7-16/h3-12H,13-15H2,1-2H3. The molecule has 1 heterocycles. The summed E-state index contributed by atoms with van der Waals surface area (Å²) in [7, 11) is 3.99. The van der Waals surface area contributed by atoms with Crippen molar-refractivity contribution in [2.45, 2.75) is 6.42 Å². The molecule has 0 atom stereocenters. The van der Waals surface area contributed by atoms with E-state index in [0.29, 0.717) is 6.54 Å². The minimum Gasteiger partial charge on any atom is -0.378 e. The van der Waals surface area contributed by atoms with Gasteiger partial charge in [-0.25, -0.2) is 0 Å². The van der Waals surface area contributed by atoms with Gasteiger partial charge in [0.2, 0.25) is 0 Å². The first kappa shape index (κ1) is 15.3. The van der Waals surface area contributed by atoms with Crippen molar-refractivity contribution in [2.75, 3.05) is 32.1 Å². The van der Waals surface area contributed by atoms with Crippen molar-refractivity contribution in [3.05, 3.63) is 71.8 Å². The van der Waals surface area contributed by atoms with E-state index in [1.54, 1.807) is 0 Å². The molecule has 1 aliphatic heterocycles. The molecule has 0 N–H and O–H groups in total. The van der Waals surface area contributed by atoms with Crippen LogP contribution in [0.3, 0.4) is 0 Å². The molecule has 0 spiro atoms. The molecule has 118 valence electrons. The van der Waals surface area contributed by atoms with Crippen molar-refractivity contribution in [2.24, 2.45) is 0 Å². The molecule has 0 bridgehead atoms. The van der Waals surface area contributed by atoms with E-state index in [1.807, 2.05) is 54.2 Å². The fourth-order valence-electron chi connectivity index (χ4n) is 2.85.